The third-order valence-electron chi connectivity index (χ3n) is 16.0. The normalized spacial score (nSPS) is 17.2. The lowest BCUT2D eigenvalue weighted by molar-refractivity contribution is -0.143. The summed E-state index contributed by atoms with van der Waals surface area (Å²) in [5.74, 6) is -15.6. The number of nitrogens with one attached hydrogen (secondary N) is 12. The predicted octanol–water partition coefficient (Wildman–Crippen LogP) is -4.19. The zero-order valence-electron chi connectivity index (χ0n) is 58.2. The van der Waals surface area contributed by atoms with Crippen molar-refractivity contribution in [1.82, 2.24) is 73.6 Å². The Balaban J connectivity index is 0.0000147. The molecule has 2 fully saturated rings. The van der Waals surface area contributed by atoms with Crippen molar-refractivity contribution in [3.8, 4) is 11.5 Å². The molecule has 107 heavy (non-hydrogen) atoms. The summed E-state index contributed by atoms with van der Waals surface area (Å²) in [6.45, 7) is 1.50. The van der Waals surface area contributed by atoms with Crippen molar-refractivity contribution in [2.45, 2.75) is 143 Å². The molecule has 45 heteroatoms. The van der Waals surface area contributed by atoms with Crippen LogP contribution in [0.1, 0.15) is 57.1 Å². The number of aliphatic hydroxyl groups is 1. The van der Waals surface area contributed by atoms with Crippen LogP contribution in [-0.2, 0) is 89.6 Å². The Morgan fingerprint density at radius 2 is 1.09 bits per heavy atom. The van der Waals surface area contributed by atoms with Crippen molar-refractivity contribution >= 4 is 212 Å². The highest BCUT2D eigenvalue weighted by atomic mass is 33.1. The zero-order chi connectivity index (χ0) is 80.2. The molecule has 14 amide bonds. The van der Waals surface area contributed by atoms with Gasteiger partial charge in [0.05, 0.1) is 37.8 Å². The number of aliphatic hydroxyl groups excluding tert-OH is 1. The second-order valence-corrected chi connectivity index (χ2v) is 30.5. The van der Waals surface area contributed by atoms with E-state index in [-0.39, 0.29) is 67.8 Å². The molecular formula is C62H91N15O20S10. The van der Waals surface area contributed by atoms with Gasteiger partial charge in [0.2, 0.25) is 82.7 Å². The SMILES string of the molecule is CSSCC1NCN(C(CSSC)C(=O)N[C@@H](CCC(=O)O)C(=O)N[C@@H](Cc2ccc(O)cc2)C(=O)N[C@@H](CS)C(=O)N[C@@H](CS)C(=O)N[C@@H](CC(N)=O)C(=O)N2CCC[C@H]2C(=O)NC(C)C(=O)N[C@@H](CS)C(=O)N[C@H](C(=O)NCC(=O)NC(CS)C(=O)N[C@H](C=O)Cc2ccc(O)cc2)[C@@H](C)O)C1=O.SS. The number of amides is 14. The number of carboxylic acid groups (broad SMARTS) is 1. The van der Waals surface area contributed by atoms with Crippen LogP contribution in [0.2, 0.25) is 0 Å². The molecule has 2 aromatic rings. The molecule has 18 N–H and O–H groups in total. The molecule has 4 rings (SSSR count). The number of likely N-dealkylation sites (tertiary alicyclic amines) is 1. The van der Waals surface area contributed by atoms with E-state index < -0.39 is 210 Å². The molecule has 0 bridgehead atoms. The minimum Gasteiger partial charge on any atom is -0.508 e. The number of aliphatic carboxylic acids is 1. The van der Waals surface area contributed by atoms with Gasteiger partial charge >= 0.3 is 5.97 Å². The highest BCUT2D eigenvalue weighted by molar-refractivity contribution is 8.76. The number of phenols is 2. The van der Waals surface area contributed by atoms with Gasteiger partial charge in [0.1, 0.15) is 84.2 Å². The van der Waals surface area contributed by atoms with Crippen LogP contribution in [-0.4, -0.2) is 277 Å². The summed E-state index contributed by atoms with van der Waals surface area (Å²) >= 11 is 23.2. The number of benzene rings is 2. The number of hydrogen-bond acceptors (Lipinski definition) is 30. The molecule has 4 unspecified atom stereocenters. The van der Waals surface area contributed by atoms with Crippen LogP contribution < -0.4 is 69.5 Å². The summed E-state index contributed by atoms with van der Waals surface area (Å²) in [7, 11) is 5.47. The number of rotatable bonds is 45. The molecular weight excluding hydrogens is 1600 g/mol. The summed E-state index contributed by atoms with van der Waals surface area (Å²) < 4.78 is 0. The number of thiol groups is 6. The van der Waals surface area contributed by atoms with E-state index in [2.05, 4.69) is 138 Å². The minimum atomic E-state index is -1.77. The maximum Gasteiger partial charge on any atom is 0.303 e. The standard InChI is InChI=1S/C62H89N15O20S8.H2S2/c1-30(51(86)72-43(26-101)57(92)75-50(31(2)79)60(95)64-21-48(83)68-40(23-98)54(89)67-34(22-78)18-32-7-11-35(80)12-8-32)66-58(93)45-6-5-17-76(45)61(96)39(20-47(63)82)71-55(90)41(24-99)74-56(91)42(25-100)73-53(88)38(19-33-9-13-36(81)14-10-33)70-52(87)37(15-16-49(84)85)69-59(94)46(28-105-103-4)77-29-65-44(62(77)97)27-104-102-3;1-2/h7-14,22,30-31,34,37-46,50,65,79-81,98-101H,5-6,15-21,23-29H2,1-4H3,(H2,63,82)(H,64,95)(H,66,93)(H,67,89)(H,68,83)(H,69,94)(H,70,87)(H,71,90)(H,72,86)(H,73,88)(H,74,91)(H,75,92)(H,84,85);1-2H/t30?,31-,34+,37+,38+,39+,40?,41+,42+,43+,44?,45+,46?,50+;/m1./s1. The van der Waals surface area contributed by atoms with Crippen molar-refractivity contribution in [2.75, 3.05) is 66.8 Å². The number of hydrogen-bond donors (Lipinski definition) is 23. The third kappa shape index (κ3) is 31.6. The van der Waals surface area contributed by atoms with Crippen molar-refractivity contribution in [2.24, 2.45) is 5.73 Å². The zero-order valence-corrected chi connectivity index (χ0v) is 66.8. The van der Waals surface area contributed by atoms with E-state index in [0.29, 0.717) is 23.2 Å². The number of carboxylic acids is 1. The van der Waals surface area contributed by atoms with E-state index in [9.17, 15) is 97.1 Å². The molecule has 0 saturated carbocycles. The van der Waals surface area contributed by atoms with Gasteiger partial charge in [0.25, 0.3) is 0 Å². The van der Waals surface area contributed by atoms with Gasteiger partial charge in [-0.1, -0.05) is 67.4 Å². The van der Waals surface area contributed by atoms with Crippen LogP contribution in [0.3, 0.4) is 0 Å². The highest BCUT2D eigenvalue weighted by Crippen LogP contribution is 2.26. The molecule has 2 aliphatic heterocycles. The highest BCUT2D eigenvalue weighted by Gasteiger charge is 2.43. The average Bonchev–Trinajstić information content (AvgIpc) is 1.70. The molecule has 35 nitrogen and oxygen atoms in total. The molecule has 0 spiro atoms. The first-order chi connectivity index (χ1) is 50.8. The predicted molar refractivity (Wildman–Crippen MR) is 423 cm³/mol. The number of primary amides is 1. The number of aromatic hydroxyl groups is 2. The number of carbonyl (C=O) groups excluding carboxylic acids is 15. The van der Waals surface area contributed by atoms with Crippen LogP contribution in [0.15, 0.2) is 48.5 Å². The van der Waals surface area contributed by atoms with Crippen LogP contribution in [0, 0.1) is 0 Å². The monoisotopic (exact) mass is 1690 g/mol. The Labute approximate surface area is 665 Å². The Bertz CT molecular complexity index is 3400. The Kier molecular flexibility index (Phi) is 43.5. The van der Waals surface area contributed by atoms with Crippen LogP contribution in [0.5, 0.6) is 11.5 Å². The van der Waals surface area contributed by atoms with Crippen molar-refractivity contribution in [3.63, 3.8) is 0 Å². The smallest absolute Gasteiger partial charge is 0.303 e. The molecule has 0 aromatic heterocycles. The fourth-order valence-corrected chi connectivity index (χ4v) is 14.1. The second kappa shape index (κ2) is 49.4. The third-order valence-corrected chi connectivity index (χ3v) is 21.1. The summed E-state index contributed by atoms with van der Waals surface area (Å²) in [6, 6.07) is -6.85. The average molecular weight is 1690 g/mol. The van der Waals surface area contributed by atoms with Gasteiger partial charge in [0, 0.05) is 53.9 Å². The summed E-state index contributed by atoms with van der Waals surface area (Å²) in [4.78, 5) is 217. The van der Waals surface area contributed by atoms with Gasteiger partial charge in [0.15, 0.2) is 0 Å². The number of phenolic OH excluding ortho intramolecular Hbond substituents is 2. The van der Waals surface area contributed by atoms with E-state index in [1.54, 1.807) is 18.4 Å². The number of aldehydes is 1. The van der Waals surface area contributed by atoms with Crippen LogP contribution in [0.4, 0.5) is 0 Å². The Morgan fingerprint density at radius 1 is 0.617 bits per heavy atom. The topological polar surface area (TPSA) is 531 Å². The van der Waals surface area contributed by atoms with Gasteiger partial charge in [-0.15, -0.1) is 23.3 Å². The first kappa shape index (κ1) is 94.4. The molecule has 2 heterocycles. The minimum absolute atomic E-state index is 0.00756. The lowest BCUT2D eigenvalue weighted by atomic mass is 10.0. The Hall–Kier alpha value is -6.82. The molecule has 14 atom stereocenters. The second-order valence-electron chi connectivity index (χ2n) is 23.8. The van der Waals surface area contributed by atoms with Crippen molar-refractivity contribution in [3.05, 3.63) is 59.7 Å². The molecule has 2 saturated heterocycles. The quantitative estimate of drug-likeness (QED) is 0.0170. The van der Waals surface area contributed by atoms with Gasteiger partial charge < -0.3 is 99.2 Å². The lowest BCUT2D eigenvalue weighted by Gasteiger charge is -2.30. The van der Waals surface area contributed by atoms with E-state index >= 15 is 0 Å². The first-order valence-electron chi connectivity index (χ1n) is 32.6. The molecule has 0 aliphatic carbocycles. The van der Waals surface area contributed by atoms with E-state index in [4.69, 9.17) is 5.73 Å². The van der Waals surface area contributed by atoms with Crippen molar-refractivity contribution in [1.29, 1.82) is 0 Å². The first-order valence-corrected chi connectivity index (χ1v) is 42.2. The Morgan fingerprint density at radius 3 is 1.61 bits per heavy atom. The maximum atomic E-state index is 14.3. The van der Waals surface area contributed by atoms with Crippen molar-refractivity contribution < 1.29 is 97.1 Å². The van der Waals surface area contributed by atoms with Crippen LogP contribution >= 0.6 is 117 Å². The number of nitrogens with zero attached hydrogens (tertiary/aromatic N) is 2. The lowest BCUT2D eigenvalue weighted by Crippen LogP contribution is -2.61. The number of carbonyl (C=O) groups is 16. The molecule has 0 radical (unpaired) electrons. The van der Waals surface area contributed by atoms with E-state index in [1.165, 1.54) is 91.4 Å². The summed E-state index contributed by atoms with van der Waals surface area (Å²) in [6.07, 6.45) is 0.528. The molecule has 2 aliphatic rings. The summed E-state index contributed by atoms with van der Waals surface area (Å²) in [5, 5.41) is 69.3. The van der Waals surface area contributed by atoms with Gasteiger partial charge in [-0.05, 0) is 87.4 Å². The number of nitrogens with two attached hydrogens (primary N) is 1. The van der Waals surface area contributed by atoms with Gasteiger partial charge in [-0.25, -0.2) is 0 Å². The van der Waals surface area contributed by atoms with E-state index in [1.807, 2.05) is 6.26 Å². The molecule has 2 aromatic carbocycles. The largest absolute Gasteiger partial charge is 0.508 e. The van der Waals surface area contributed by atoms with Gasteiger partial charge in [-0.2, -0.15) is 50.5 Å². The fourth-order valence-electron chi connectivity index (χ4n) is 10.4. The van der Waals surface area contributed by atoms with Crippen LogP contribution in [0.25, 0.3) is 0 Å². The van der Waals surface area contributed by atoms with E-state index in [0.717, 1.165) is 11.8 Å². The summed E-state index contributed by atoms with van der Waals surface area (Å²) in [5.41, 5.74) is 6.51. The fraction of sp³-hybridized carbons (Fsp3) is 0.548. The van der Waals surface area contributed by atoms with Gasteiger partial charge in [-0.3, -0.25) is 77.2 Å². The maximum absolute atomic E-state index is 14.3. The molecule has 594 valence electrons.